The van der Waals surface area contributed by atoms with E-state index in [9.17, 15) is 5.11 Å². The molecule has 0 atom stereocenters. The van der Waals surface area contributed by atoms with Crippen LogP contribution in [-0.4, -0.2) is 19.9 Å². The van der Waals surface area contributed by atoms with Gasteiger partial charge in [-0.25, -0.2) is 0 Å². The molecule has 0 unspecified atom stereocenters. The van der Waals surface area contributed by atoms with Gasteiger partial charge in [0.15, 0.2) is 11.6 Å². The Balaban J connectivity index is 2.16. The van der Waals surface area contributed by atoms with E-state index in [1.54, 1.807) is 0 Å². The molecule has 5 heteroatoms. The third kappa shape index (κ3) is 2.59. The molecule has 0 spiro atoms. The van der Waals surface area contributed by atoms with E-state index < -0.39 is 0 Å². The van der Waals surface area contributed by atoms with Crippen LogP contribution < -0.4 is 0 Å². The number of rotatable bonds is 3. The van der Waals surface area contributed by atoms with Gasteiger partial charge in [0.1, 0.15) is 6.61 Å². The average molecular weight is 346 g/mol. The van der Waals surface area contributed by atoms with Crippen LogP contribution >= 0.6 is 15.9 Å². The first-order valence-electron chi connectivity index (χ1n) is 6.84. The minimum atomic E-state index is -0.105. The van der Waals surface area contributed by atoms with E-state index in [0.29, 0.717) is 5.82 Å². The lowest BCUT2D eigenvalue weighted by atomic mass is 10.1. The second-order valence-electron chi connectivity index (χ2n) is 5.27. The largest absolute Gasteiger partial charge is 0.388 e. The van der Waals surface area contributed by atoms with Crippen LogP contribution in [0.3, 0.4) is 0 Å². The molecule has 0 bridgehead atoms. The summed E-state index contributed by atoms with van der Waals surface area (Å²) in [6.45, 7) is 4.01. The van der Waals surface area contributed by atoms with Crippen molar-refractivity contribution in [3.05, 3.63) is 46.7 Å². The molecule has 0 radical (unpaired) electrons. The summed E-state index contributed by atoms with van der Waals surface area (Å²) in [4.78, 5) is 0. The monoisotopic (exact) mass is 345 g/mol. The summed E-state index contributed by atoms with van der Waals surface area (Å²) < 4.78 is 3.04. The van der Waals surface area contributed by atoms with Gasteiger partial charge in [-0.1, -0.05) is 34.1 Å². The second-order valence-corrected chi connectivity index (χ2v) is 6.18. The van der Waals surface area contributed by atoms with Crippen molar-refractivity contribution >= 4 is 26.7 Å². The van der Waals surface area contributed by atoms with Crippen molar-refractivity contribution in [2.75, 3.05) is 0 Å². The Bertz CT molecular complexity index is 795. The number of hydrogen-bond donors (Lipinski definition) is 1. The second kappa shape index (κ2) is 5.58. The van der Waals surface area contributed by atoms with Gasteiger partial charge >= 0.3 is 0 Å². The zero-order valence-corrected chi connectivity index (χ0v) is 13.5. The van der Waals surface area contributed by atoms with Crippen molar-refractivity contribution in [1.82, 2.24) is 14.8 Å². The predicted molar refractivity (Wildman–Crippen MR) is 87.0 cm³/mol. The molecule has 1 N–H and O–H groups in total. The molecule has 21 heavy (non-hydrogen) atoms. The third-order valence-electron chi connectivity index (χ3n) is 3.48. The molecule has 0 fully saturated rings. The summed E-state index contributed by atoms with van der Waals surface area (Å²) in [6.07, 6.45) is 0. The predicted octanol–water partition coefficient (Wildman–Crippen LogP) is 3.93. The molecule has 3 aromatic rings. The van der Waals surface area contributed by atoms with E-state index in [1.165, 1.54) is 5.39 Å². The van der Waals surface area contributed by atoms with Crippen LogP contribution in [0, 0.1) is 0 Å². The zero-order chi connectivity index (χ0) is 15.0. The quantitative estimate of drug-likeness (QED) is 0.782. The van der Waals surface area contributed by atoms with Crippen LogP contribution in [0.2, 0.25) is 0 Å². The summed E-state index contributed by atoms with van der Waals surface area (Å²) >= 11 is 3.48. The first-order valence-corrected chi connectivity index (χ1v) is 7.64. The lowest BCUT2D eigenvalue weighted by Gasteiger charge is -2.13. The fourth-order valence-electron chi connectivity index (χ4n) is 2.53. The van der Waals surface area contributed by atoms with Crippen LogP contribution in [0.1, 0.15) is 25.7 Å². The molecule has 0 aliphatic carbocycles. The van der Waals surface area contributed by atoms with Gasteiger partial charge in [0, 0.05) is 16.1 Å². The van der Waals surface area contributed by atoms with E-state index in [-0.39, 0.29) is 12.6 Å². The first kappa shape index (κ1) is 14.2. The fraction of sp³-hybridized carbons (Fsp3) is 0.250. The lowest BCUT2D eigenvalue weighted by Crippen LogP contribution is -2.08. The Morgan fingerprint density at radius 1 is 1.10 bits per heavy atom. The molecule has 108 valence electrons. The van der Waals surface area contributed by atoms with Gasteiger partial charge in [0.05, 0.1) is 0 Å². The number of aromatic nitrogens is 3. The molecule has 0 aliphatic heterocycles. The molecule has 4 nitrogen and oxygen atoms in total. The highest BCUT2D eigenvalue weighted by Crippen LogP contribution is 2.27. The molecule has 1 heterocycles. The zero-order valence-electron chi connectivity index (χ0n) is 11.9. The molecule has 3 rings (SSSR count). The Hall–Kier alpha value is -1.72. The number of benzene rings is 2. The SMILES string of the molecule is CC(C)n1c(CO)nnc1-c1ccc2cc(Br)ccc2c1. The molecular weight excluding hydrogens is 330 g/mol. The molecular formula is C16H16BrN3O. The molecule has 0 aliphatic rings. The number of nitrogens with zero attached hydrogens (tertiary/aromatic N) is 3. The number of halogens is 1. The van der Waals surface area contributed by atoms with Crippen molar-refractivity contribution in [1.29, 1.82) is 0 Å². The number of aliphatic hydroxyl groups excluding tert-OH is 1. The fourth-order valence-corrected chi connectivity index (χ4v) is 2.91. The van der Waals surface area contributed by atoms with Crippen molar-refractivity contribution in [3.8, 4) is 11.4 Å². The summed E-state index contributed by atoms with van der Waals surface area (Å²) in [6, 6.07) is 12.6. The maximum Gasteiger partial charge on any atom is 0.164 e. The maximum absolute atomic E-state index is 9.40. The number of fused-ring (bicyclic) bond motifs is 1. The minimum absolute atomic E-state index is 0.105. The standard InChI is InChI=1S/C16H16BrN3O/c1-10(2)20-15(9-21)18-19-16(20)13-4-3-12-8-14(17)6-5-11(12)7-13/h3-8,10,21H,9H2,1-2H3. The molecule has 1 aromatic heterocycles. The molecule has 0 saturated carbocycles. The van der Waals surface area contributed by atoms with Crippen LogP contribution in [0.4, 0.5) is 0 Å². The Morgan fingerprint density at radius 2 is 1.81 bits per heavy atom. The van der Waals surface area contributed by atoms with Crippen molar-refractivity contribution in [2.45, 2.75) is 26.5 Å². The topological polar surface area (TPSA) is 50.9 Å². The Labute approximate surface area is 131 Å². The van der Waals surface area contributed by atoms with Crippen LogP contribution in [0.15, 0.2) is 40.9 Å². The minimum Gasteiger partial charge on any atom is -0.388 e. The number of hydrogen-bond acceptors (Lipinski definition) is 3. The van der Waals surface area contributed by atoms with Gasteiger partial charge in [0.25, 0.3) is 0 Å². The molecule has 0 amide bonds. The number of aliphatic hydroxyl groups is 1. The molecule has 2 aromatic carbocycles. The van der Waals surface area contributed by atoms with Gasteiger partial charge in [-0.15, -0.1) is 10.2 Å². The van der Waals surface area contributed by atoms with Crippen LogP contribution in [0.25, 0.3) is 22.2 Å². The Morgan fingerprint density at radius 3 is 2.52 bits per heavy atom. The van der Waals surface area contributed by atoms with Gasteiger partial charge in [0.2, 0.25) is 0 Å². The normalized spacial score (nSPS) is 11.5. The van der Waals surface area contributed by atoms with Gasteiger partial charge < -0.3 is 9.67 Å². The third-order valence-corrected chi connectivity index (χ3v) is 3.98. The van der Waals surface area contributed by atoms with E-state index >= 15 is 0 Å². The van der Waals surface area contributed by atoms with E-state index in [2.05, 4.69) is 64.2 Å². The van der Waals surface area contributed by atoms with Gasteiger partial charge in [-0.2, -0.15) is 0 Å². The molecule has 0 saturated heterocycles. The maximum atomic E-state index is 9.40. The van der Waals surface area contributed by atoms with Crippen LogP contribution in [0.5, 0.6) is 0 Å². The van der Waals surface area contributed by atoms with E-state index in [1.807, 2.05) is 16.7 Å². The van der Waals surface area contributed by atoms with Crippen LogP contribution in [-0.2, 0) is 6.61 Å². The van der Waals surface area contributed by atoms with E-state index in [0.717, 1.165) is 21.2 Å². The summed E-state index contributed by atoms with van der Waals surface area (Å²) in [5.41, 5.74) is 1.01. The first-order chi connectivity index (χ1) is 10.1. The van der Waals surface area contributed by atoms with Gasteiger partial charge in [-0.3, -0.25) is 0 Å². The smallest absolute Gasteiger partial charge is 0.164 e. The summed E-state index contributed by atoms with van der Waals surface area (Å²) in [7, 11) is 0. The van der Waals surface area contributed by atoms with Crippen molar-refractivity contribution in [2.24, 2.45) is 0 Å². The van der Waals surface area contributed by atoms with Gasteiger partial charge in [-0.05, 0) is 42.8 Å². The average Bonchev–Trinajstić information content (AvgIpc) is 2.90. The summed E-state index contributed by atoms with van der Waals surface area (Å²) in [5, 5.41) is 20.1. The Kier molecular flexibility index (Phi) is 3.78. The highest BCUT2D eigenvalue weighted by Gasteiger charge is 2.15. The highest BCUT2D eigenvalue weighted by molar-refractivity contribution is 9.10. The highest BCUT2D eigenvalue weighted by atomic mass is 79.9. The van der Waals surface area contributed by atoms with Crippen molar-refractivity contribution in [3.63, 3.8) is 0 Å². The lowest BCUT2D eigenvalue weighted by molar-refractivity contribution is 0.262. The summed E-state index contributed by atoms with van der Waals surface area (Å²) in [5.74, 6) is 1.38. The van der Waals surface area contributed by atoms with E-state index in [4.69, 9.17) is 0 Å². The van der Waals surface area contributed by atoms with Crippen molar-refractivity contribution < 1.29 is 5.11 Å².